The molecule has 0 radical (unpaired) electrons. The molecule has 2 rings (SSSR count). The predicted molar refractivity (Wildman–Crippen MR) is 57.4 cm³/mol. The van der Waals surface area contributed by atoms with Crippen molar-refractivity contribution in [2.24, 2.45) is 5.92 Å². The first-order chi connectivity index (χ1) is 6.77. The lowest BCUT2D eigenvalue weighted by atomic mass is 9.99. The molecule has 1 aromatic rings. The van der Waals surface area contributed by atoms with E-state index in [1.165, 1.54) is 18.4 Å². The van der Waals surface area contributed by atoms with E-state index in [0.29, 0.717) is 0 Å². The number of hydrogen-bond acceptors (Lipinski definition) is 3. The van der Waals surface area contributed by atoms with Crippen molar-refractivity contribution in [3.63, 3.8) is 0 Å². The number of nitrogens with zero attached hydrogens (tertiary/aromatic N) is 3. The topological polar surface area (TPSA) is 29.0 Å². The third-order valence-corrected chi connectivity index (χ3v) is 2.98. The average molecular weight is 191 g/mol. The zero-order valence-corrected chi connectivity index (χ0v) is 8.90. The minimum absolute atomic E-state index is 0.864. The molecule has 0 aliphatic carbocycles. The quantitative estimate of drug-likeness (QED) is 0.680. The van der Waals surface area contributed by atoms with Crippen LogP contribution in [0.5, 0.6) is 0 Å². The van der Waals surface area contributed by atoms with Crippen molar-refractivity contribution in [3.05, 3.63) is 17.8 Å². The van der Waals surface area contributed by atoms with Crippen molar-refractivity contribution in [2.45, 2.75) is 26.7 Å². The van der Waals surface area contributed by atoms with Gasteiger partial charge in [0.1, 0.15) is 0 Å². The van der Waals surface area contributed by atoms with Crippen molar-refractivity contribution < 1.29 is 0 Å². The monoisotopic (exact) mass is 191 g/mol. The first-order valence-corrected chi connectivity index (χ1v) is 5.30. The molecule has 14 heavy (non-hydrogen) atoms. The van der Waals surface area contributed by atoms with E-state index in [1.807, 2.05) is 6.07 Å². The van der Waals surface area contributed by atoms with E-state index in [0.717, 1.165) is 24.8 Å². The number of piperidine rings is 1. The van der Waals surface area contributed by atoms with E-state index in [4.69, 9.17) is 0 Å². The molecule has 0 N–H and O–H groups in total. The first kappa shape index (κ1) is 9.44. The summed E-state index contributed by atoms with van der Waals surface area (Å²) in [5, 5.41) is 8.15. The molecule has 0 aromatic carbocycles. The van der Waals surface area contributed by atoms with Crippen LogP contribution < -0.4 is 4.90 Å². The minimum atomic E-state index is 0.864. The number of aromatic nitrogens is 2. The van der Waals surface area contributed by atoms with E-state index < -0.39 is 0 Å². The Bertz CT molecular complexity index is 303. The van der Waals surface area contributed by atoms with Gasteiger partial charge in [0.2, 0.25) is 0 Å². The molecule has 3 heteroatoms. The number of anilines is 1. The summed E-state index contributed by atoms with van der Waals surface area (Å²) in [5.74, 6) is 1.93. The molecule has 1 aromatic heterocycles. The van der Waals surface area contributed by atoms with Crippen LogP contribution in [0.15, 0.2) is 12.3 Å². The van der Waals surface area contributed by atoms with Gasteiger partial charge in [0, 0.05) is 13.1 Å². The second-order valence-corrected chi connectivity index (χ2v) is 4.21. The van der Waals surface area contributed by atoms with Crippen LogP contribution in [0.1, 0.15) is 25.3 Å². The zero-order valence-electron chi connectivity index (χ0n) is 8.90. The van der Waals surface area contributed by atoms with E-state index in [1.54, 1.807) is 6.20 Å². The van der Waals surface area contributed by atoms with Crippen LogP contribution in [-0.2, 0) is 0 Å². The molecule has 0 unspecified atom stereocenters. The maximum absolute atomic E-state index is 4.20. The second kappa shape index (κ2) is 3.95. The van der Waals surface area contributed by atoms with Crippen LogP contribution >= 0.6 is 0 Å². The third kappa shape index (κ3) is 1.86. The van der Waals surface area contributed by atoms with Gasteiger partial charge in [0.25, 0.3) is 0 Å². The van der Waals surface area contributed by atoms with E-state index in [-0.39, 0.29) is 0 Å². The van der Waals surface area contributed by atoms with Crippen LogP contribution in [-0.4, -0.2) is 23.3 Å². The van der Waals surface area contributed by atoms with Crippen LogP contribution in [0.25, 0.3) is 0 Å². The lowest BCUT2D eigenvalue weighted by Crippen LogP contribution is -2.34. The highest BCUT2D eigenvalue weighted by atomic mass is 15.3. The first-order valence-electron chi connectivity index (χ1n) is 5.30. The van der Waals surface area contributed by atoms with Crippen molar-refractivity contribution in [1.29, 1.82) is 0 Å². The Hall–Kier alpha value is -1.12. The van der Waals surface area contributed by atoms with Gasteiger partial charge >= 0.3 is 0 Å². The highest BCUT2D eigenvalue weighted by Crippen LogP contribution is 2.22. The summed E-state index contributed by atoms with van der Waals surface area (Å²) in [6.07, 6.45) is 4.30. The van der Waals surface area contributed by atoms with Crippen LogP contribution in [0, 0.1) is 12.8 Å². The van der Waals surface area contributed by atoms with Crippen LogP contribution in [0.2, 0.25) is 0 Å². The Balaban J connectivity index is 2.12. The molecule has 1 aliphatic rings. The van der Waals surface area contributed by atoms with Gasteiger partial charge in [-0.05, 0) is 37.3 Å². The Labute approximate surface area is 85.1 Å². The molecule has 0 spiro atoms. The van der Waals surface area contributed by atoms with Crippen molar-refractivity contribution in [3.8, 4) is 0 Å². The molecule has 3 nitrogen and oxygen atoms in total. The van der Waals surface area contributed by atoms with Crippen molar-refractivity contribution in [2.75, 3.05) is 18.0 Å². The number of rotatable bonds is 1. The number of hydrogen-bond donors (Lipinski definition) is 0. The minimum Gasteiger partial charge on any atom is -0.355 e. The van der Waals surface area contributed by atoms with Crippen molar-refractivity contribution >= 4 is 5.82 Å². The fourth-order valence-electron chi connectivity index (χ4n) is 1.92. The smallest absolute Gasteiger partial charge is 0.154 e. The molecule has 1 aliphatic heterocycles. The summed E-state index contributed by atoms with van der Waals surface area (Å²) in [5.41, 5.74) is 1.23. The fraction of sp³-hybridized carbons (Fsp3) is 0.636. The SMILES string of the molecule is Cc1ccnnc1N1CCC(C)CC1. The highest BCUT2D eigenvalue weighted by Gasteiger charge is 2.18. The maximum atomic E-state index is 4.20. The van der Waals surface area contributed by atoms with Gasteiger partial charge in [-0.3, -0.25) is 0 Å². The molecule has 0 saturated carbocycles. The lowest BCUT2D eigenvalue weighted by molar-refractivity contribution is 0.435. The molecule has 1 fully saturated rings. The average Bonchev–Trinajstić information content (AvgIpc) is 2.20. The third-order valence-electron chi connectivity index (χ3n) is 2.98. The summed E-state index contributed by atoms with van der Waals surface area (Å²) < 4.78 is 0. The molecular weight excluding hydrogens is 174 g/mol. The molecule has 0 atom stereocenters. The summed E-state index contributed by atoms with van der Waals surface area (Å²) in [6.45, 7) is 6.67. The molecule has 0 bridgehead atoms. The van der Waals surface area contributed by atoms with Crippen LogP contribution in [0.4, 0.5) is 5.82 Å². The van der Waals surface area contributed by atoms with Gasteiger partial charge in [-0.25, -0.2) is 0 Å². The summed E-state index contributed by atoms with van der Waals surface area (Å²) in [6, 6.07) is 2.03. The maximum Gasteiger partial charge on any atom is 0.154 e. The fourth-order valence-corrected chi connectivity index (χ4v) is 1.92. The Morgan fingerprint density at radius 3 is 2.71 bits per heavy atom. The highest BCUT2D eigenvalue weighted by molar-refractivity contribution is 5.44. The Kier molecular flexibility index (Phi) is 2.66. The van der Waals surface area contributed by atoms with Gasteiger partial charge in [-0.1, -0.05) is 6.92 Å². The van der Waals surface area contributed by atoms with Gasteiger partial charge in [0.05, 0.1) is 6.20 Å². The number of aryl methyl sites for hydroxylation is 1. The Morgan fingerprint density at radius 2 is 2.07 bits per heavy atom. The van der Waals surface area contributed by atoms with E-state index in [2.05, 4.69) is 28.9 Å². The van der Waals surface area contributed by atoms with Gasteiger partial charge in [0.15, 0.2) is 5.82 Å². The molecule has 76 valence electrons. The zero-order chi connectivity index (χ0) is 9.97. The molecule has 0 amide bonds. The lowest BCUT2D eigenvalue weighted by Gasteiger charge is -2.31. The van der Waals surface area contributed by atoms with Crippen molar-refractivity contribution in [1.82, 2.24) is 10.2 Å². The van der Waals surface area contributed by atoms with E-state index >= 15 is 0 Å². The van der Waals surface area contributed by atoms with Gasteiger partial charge < -0.3 is 4.90 Å². The second-order valence-electron chi connectivity index (χ2n) is 4.21. The molecule has 1 saturated heterocycles. The summed E-state index contributed by atoms with van der Waals surface area (Å²) >= 11 is 0. The van der Waals surface area contributed by atoms with E-state index in [9.17, 15) is 0 Å². The standard InChI is InChI=1S/C11H17N3/c1-9-4-7-14(8-5-9)11-10(2)3-6-12-13-11/h3,6,9H,4-5,7-8H2,1-2H3. The van der Waals surface area contributed by atoms with Gasteiger partial charge in [-0.15, -0.1) is 5.10 Å². The van der Waals surface area contributed by atoms with Gasteiger partial charge in [-0.2, -0.15) is 5.10 Å². The predicted octanol–water partition coefficient (Wildman–Crippen LogP) is 2.02. The molecular formula is C11H17N3. The summed E-state index contributed by atoms with van der Waals surface area (Å²) in [7, 11) is 0. The largest absolute Gasteiger partial charge is 0.355 e. The summed E-state index contributed by atoms with van der Waals surface area (Å²) in [4.78, 5) is 2.35. The molecule has 2 heterocycles. The Morgan fingerprint density at radius 1 is 1.36 bits per heavy atom. The normalized spacial score (nSPS) is 18.6. The van der Waals surface area contributed by atoms with Crippen LogP contribution in [0.3, 0.4) is 0 Å².